The van der Waals surface area contributed by atoms with Crippen LogP contribution in [-0.4, -0.2) is 17.6 Å². The van der Waals surface area contributed by atoms with E-state index in [1.165, 1.54) is 6.08 Å². The summed E-state index contributed by atoms with van der Waals surface area (Å²) in [6.07, 6.45) is 4.77. The van der Waals surface area contributed by atoms with Gasteiger partial charge in [0.2, 0.25) is 5.91 Å². The molecule has 0 aliphatic carbocycles. The van der Waals surface area contributed by atoms with E-state index in [1.807, 2.05) is 37.3 Å². The van der Waals surface area contributed by atoms with Crippen LogP contribution in [0.1, 0.15) is 12.5 Å². The Morgan fingerprint density at radius 2 is 2.17 bits per heavy atom. The van der Waals surface area contributed by atoms with Crippen LogP contribution in [0.4, 0.5) is 0 Å². The largest absolute Gasteiger partial charge is 0.356 e. The first-order chi connectivity index (χ1) is 8.81. The highest BCUT2D eigenvalue weighted by Gasteiger charge is 2.07. The second-order valence-electron chi connectivity index (χ2n) is 3.70. The summed E-state index contributed by atoms with van der Waals surface area (Å²) in [7, 11) is 0. The molecular weight excluding hydrogens is 228 g/mol. The summed E-state index contributed by atoms with van der Waals surface area (Å²) in [5, 5.41) is 6.45. The monoisotopic (exact) mass is 242 g/mol. The molecule has 0 fully saturated rings. The molecule has 18 heavy (non-hydrogen) atoms. The van der Waals surface area contributed by atoms with Crippen LogP contribution in [-0.2, 0) is 4.79 Å². The summed E-state index contributed by atoms with van der Waals surface area (Å²) in [6.45, 7) is 2.49. The first-order valence-corrected chi connectivity index (χ1v) is 5.77. The maximum atomic E-state index is 11.3. The molecule has 0 radical (unpaired) electrons. The molecule has 0 atom stereocenters. The zero-order valence-corrected chi connectivity index (χ0v) is 10.1. The number of nitrogens with zero attached hydrogens (tertiary/aromatic N) is 1. The highest BCUT2D eigenvalue weighted by molar-refractivity contribution is 5.92. The van der Waals surface area contributed by atoms with Gasteiger partial charge in [-0.2, -0.15) is 0 Å². The third-order valence-electron chi connectivity index (χ3n) is 2.40. The number of amides is 1. The van der Waals surface area contributed by atoms with Crippen molar-refractivity contribution in [2.24, 2.45) is 0 Å². The van der Waals surface area contributed by atoms with E-state index in [0.717, 1.165) is 11.1 Å². The molecule has 4 nitrogen and oxygen atoms in total. The van der Waals surface area contributed by atoms with E-state index >= 15 is 0 Å². The molecule has 0 bridgehead atoms. The third-order valence-corrected chi connectivity index (χ3v) is 2.40. The molecule has 2 rings (SSSR count). The lowest BCUT2D eigenvalue weighted by Gasteiger charge is -1.97. The minimum Gasteiger partial charge on any atom is -0.356 e. The second-order valence-corrected chi connectivity index (χ2v) is 3.70. The van der Waals surface area contributed by atoms with Crippen LogP contribution in [0.3, 0.4) is 0 Å². The Morgan fingerprint density at radius 3 is 2.89 bits per heavy atom. The fourth-order valence-electron chi connectivity index (χ4n) is 1.57. The van der Waals surface area contributed by atoms with Crippen LogP contribution in [0.2, 0.25) is 0 Å². The van der Waals surface area contributed by atoms with E-state index in [-0.39, 0.29) is 5.91 Å². The summed E-state index contributed by atoms with van der Waals surface area (Å²) in [5.74, 6) is 0.536. The number of hydrogen-bond acceptors (Lipinski definition) is 3. The van der Waals surface area contributed by atoms with Crippen molar-refractivity contribution in [3.63, 3.8) is 0 Å². The summed E-state index contributed by atoms with van der Waals surface area (Å²) in [5.41, 5.74) is 1.72. The number of aromatic nitrogens is 1. The molecule has 0 aliphatic rings. The van der Waals surface area contributed by atoms with Crippen LogP contribution in [0.5, 0.6) is 0 Å². The maximum absolute atomic E-state index is 11.3. The number of benzene rings is 1. The molecule has 1 amide bonds. The lowest BCUT2D eigenvalue weighted by molar-refractivity contribution is -0.116. The van der Waals surface area contributed by atoms with E-state index < -0.39 is 0 Å². The topological polar surface area (TPSA) is 55.1 Å². The van der Waals surface area contributed by atoms with Crippen molar-refractivity contribution in [3.8, 4) is 11.3 Å². The summed E-state index contributed by atoms with van der Waals surface area (Å²) >= 11 is 0. The SMILES string of the molecule is CCNC(=O)/C=C/c1cnoc1-c1ccccc1. The molecule has 0 unspecified atom stereocenters. The Morgan fingerprint density at radius 1 is 1.39 bits per heavy atom. The van der Waals surface area contributed by atoms with Gasteiger partial charge in [0.15, 0.2) is 5.76 Å². The number of carbonyl (C=O) groups is 1. The summed E-state index contributed by atoms with van der Waals surface area (Å²) in [4.78, 5) is 11.3. The number of rotatable bonds is 4. The molecule has 1 N–H and O–H groups in total. The summed E-state index contributed by atoms with van der Waals surface area (Å²) in [6, 6.07) is 9.66. The molecule has 0 spiro atoms. The maximum Gasteiger partial charge on any atom is 0.243 e. The highest BCUT2D eigenvalue weighted by Crippen LogP contribution is 2.23. The predicted molar refractivity (Wildman–Crippen MR) is 69.7 cm³/mol. The van der Waals surface area contributed by atoms with Gasteiger partial charge in [0.1, 0.15) is 0 Å². The lowest BCUT2D eigenvalue weighted by Crippen LogP contribution is -2.19. The van der Waals surface area contributed by atoms with Crippen molar-refractivity contribution in [2.45, 2.75) is 6.92 Å². The first-order valence-electron chi connectivity index (χ1n) is 5.77. The van der Waals surface area contributed by atoms with Gasteiger partial charge in [0, 0.05) is 23.7 Å². The van der Waals surface area contributed by atoms with Gasteiger partial charge in [-0.1, -0.05) is 35.5 Å². The normalized spacial score (nSPS) is 10.7. The molecule has 0 aliphatic heterocycles. The zero-order valence-electron chi connectivity index (χ0n) is 10.1. The molecule has 0 saturated carbocycles. The summed E-state index contributed by atoms with van der Waals surface area (Å²) < 4.78 is 5.21. The number of nitrogens with one attached hydrogen (secondary N) is 1. The quantitative estimate of drug-likeness (QED) is 0.838. The van der Waals surface area contributed by atoms with Gasteiger partial charge in [0.05, 0.1) is 6.20 Å². The van der Waals surface area contributed by atoms with Crippen molar-refractivity contribution < 1.29 is 9.32 Å². The van der Waals surface area contributed by atoms with Crippen LogP contribution in [0.15, 0.2) is 47.1 Å². The van der Waals surface area contributed by atoms with Crippen LogP contribution in [0.25, 0.3) is 17.4 Å². The Balaban J connectivity index is 2.21. The molecular formula is C14H14N2O2. The van der Waals surface area contributed by atoms with Crippen molar-refractivity contribution >= 4 is 12.0 Å². The van der Waals surface area contributed by atoms with Crippen LogP contribution < -0.4 is 5.32 Å². The molecule has 92 valence electrons. The van der Waals surface area contributed by atoms with E-state index in [0.29, 0.717) is 12.3 Å². The minimum absolute atomic E-state index is 0.127. The van der Waals surface area contributed by atoms with Gasteiger partial charge < -0.3 is 9.84 Å². The average molecular weight is 242 g/mol. The van der Waals surface area contributed by atoms with Gasteiger partial charge in [-0.3, -0.25) is 4.79 Å². The van der Waals surface area contributed by atoms with E-state index in [1.54, 1.807) is 12.3 Å². The standard InChI is InChI=1S/C14H14N2O2/c1-2-15-13(17)9-8-12-10-16-18-14(12)11-6-4-3-5-7-11/h3-10H,2H2,1H3,(H,15,17)/b9-8+. The third kappa shape index (κ3) is 2.85. The predicted octanol–water partition coefficient (Wildman–Crippen LogP) is 2.49. The van der Waals surface area contributed by atoms with Crippen LogP contribution in [0, 0.1) is 0 Å². The van der Waals surface area contributed by atoms with Gasteiger partial charge in [-0.25, -0.2) is 0 Å². The fraction of sp³-hybridized carbons (Fsp3) is 0.143. The Kier molecular flexibility index (Phi) is 3.91. The Bertz CT molecular complexity index is 544. The average Bonchev–Trinajstić information content (AvgIpc) is 2.86. The van der Waals surface area contributed by atoms with Gasteiger partial charge in [-0.05, 0) is 13.0 Å². The van der Waals surface area contributed by atoms with E-state index in [9.17, 15) is 4.79 Å². The number of likely N-dealkylation sites (N-methyl/N-ethyl adjacent to an activating group) is 1. The number of carbonyl (C=O) groups excluding carboxylic acids is 1. The molecule has 1 heterocycles. The number of hydrogen-bond donors (Lipinski definition) is 1. The molecule has 1 aromatic heterocycles. The van der Waals surface area contributed by atoms with E-state index in [4.69, 9.17) is 4.52 Å². The van der Waals surface area contributed by atoms with E-state index in [2.05, 4.69) is 10.5 Å². The zero-order chi connectivity index (χ0) is 12.8. The molecule has 4 heteroatoms. The van der Waals surface area contributed by atoms with Gasteiger partial charge in [0.25, 0.3) is 0 Å². The Hall–Kier alpha value is -2.36. The van der Waals surface area contributed by atoms with Crippen molar-refractivity contribution in [1.82, 2.24) is 10.5 Å². The van der Waals surface area contributed by atoms with Crippen LogP contribution >= 0.6 is 0 Å². The van der Waals surface area contributed by atoms with Crippen molar-refractivity contribution in [2.75, 3.05) is 6.54 Å². The molecule has 2 aromatic rings. The minimum atomic E-state index is -0.127. The smallest absolute Gasteiger partial charge is 0.243 e. The van der Waals surface area contributed by atoms with Crippen molar-refractivity contribution in [1.29, 1.82) is 0 Å². The highest BCUT2D eigenvalue weighted by atomic mass is 16.5. The lowest BCUT2D eigenvalue weighted by atomic mass is 10.1. The first kappa shape index (κ1) is 12.1. The van der Waals surface area contributed by atoms with Crippen molar-refractivity contribution in [3.05, 3.63) is 48.2 Å². The molecule has 1 aromatic carbocycles. The molecule has 0 saturated heterocycles. The second kappa shape index (κ2) is 5.82. The fourth-order valence-corrected chi connectivity index (χ4v) is 1.57. The van der Waals surface area contributed by atoms with Gasteiger partial charge >= 0.3 is 0 Å². The van der Waals surface area contributed by atoms with Gasteiger partial charge in [-0.15, -0.1) is 0 Å². The Labute approximate surface area is 105 Å².